The maximum absolute atomic E-state index is 13.5. The summed E-state index contributed by atoms with van der Waals surface area (Å²) in [6.07, 6.45) is 0.317. The molecule has 9 heteroatoms. The summed E-state index contributed by atoms with van der Waals surface area (Å²) in [7, 11) is 0. The van der Waals surface area contributed by atoms with Gasteiger partial charge in [0.05, 0.1) is 0 Å². The zero-order chi connectivity index (χ0) is 20.6. The molecule has 0 spiro atoms. The molecule has 0 unspecified atom stereocenters. The molecule has 0 radical (unpaired) electrons. The van der Waals surface area contributed by atoms with Gasteiger partial charge in [-0.3, -0.25) is 14.4 Å². The Kier molecular flexibility index (Phi) is 6.62. The van der Waals surface area contributed by atoms with Gasteiger partial charge < -0.3 is 24.8 Å². The number of carbonyl (C=O) groups is 3. The van der Waals surface area contributed by atoms with E-state index in [2.05, 4.69) is 10.6 Å². The summed E-state index contributed by atoms with van der Waals surface area (Å²) in [6.45, 7) is -0.584. The number of fused-ring (bicyclic) bond motifs is 1. The van der Waals surface area contributed by atoms with Crippen molar-refractivity contribution >= 4 is 17.8 Å². The lowest BCUT2D eigenvalue weighted by molar-refractivity contribution is -0.147. The van der Waals surface area contributed by atoms with Crippen LogP contribution in [0.3, 0.4) is 0 Å². The fourth-order valence-corrected chi connectivity index (χ4v) is 2.58. The molecule has 1 aliphatic rings. The van der Waals surface area contributed by atoms with Crippen molar-refractivity contribution in [3.63, 3.8) is 0 Å². The smallest absolute Gasteiger partial charge is 0.325 e. The molecule has 0 atom stereocenters. The van der Waals surface area contributed by atoms with E-state index in [0.717, 1.165) is 0 Å². The first-order valence-corrected chi connectivity index (χ1v) is 8.86. The molecule has 2 amide bonds. The summed E-state index contributed by atoms with van der Waals surface area (Å²) >= 11 is 0. The molecule has 2 aromatic carbocycles. The van der Waals surface area contributed by atoms with Crippen LogP contribution in [0, 0.1) is 5.82 Å². The van der Waals surface area contributed by atoms with Crippen molar-refractivity contribution in [2.75, 3.05) is 26.5 Å². The zero-order valence-electron chi connectivity index (χ0n) is 15.4. The van der Waals surface area contributed by atoms with Gasteiger partial charge in [-0.15, -0.1) is 0 Å². The Balaban J connectivity index is 1.33. The normalized spacial score (nSPS) is 11.6. The van der Waals surface area contributed by atoms with Crippen molar-refractivity contribution in [1.82, 2.24) is 10.6 Å². The van der Waals surface area contributed by atoms with Crippen LogP contribution in [0.25, 0.3) is 0 Å². The van der Waals surface area contributed by atoms with E-state index in [1.807, 2.05) is 0 Å². The molecular weight excluding hydrogens is 383 g/mol. The third-order valence-corrected chi connectivity index (χ3v) is 4.07. The first kappa shape index (κ1) is 20.1. The van der Waals surface area contributed by atoms with Crippen LogP contribution in [0.2, 0.25) is 0 Å². The van der Waals surface area contributed by atoms with Crippen LogP contribution >= 0.6 is 0 Å². The summed E-state index contributed by atoms with van der Waals surface area (Å²) in [5.41, 5.74) is 0.781. The quantitative estimate of drug-likeness (QED) is 0.643. The molecule has 2 N–H and O–H groups in total. The average molecular weight is 402 g/mol. The molecule has 0 saturated carbocycles. The van der Waals surface area contributed by atoms with E-state index >= 15 is 0 Å². The van der Waals surface area contributed by atoms with Crippen molar-refractivity contribution < 1.29 is 33.0 Å². The predicted molar refractivity (Wildman–Crippen MR) is 99.0 cm³/mol. The number of nitrogens with one attached hydrogen (secondary N) is 2. The second kappa shape index (κ2) is 9.54. The van der Waals surface area contributed by atoms with Crippen LogP contribution in [0.1, 0.15) is 15.9 Å². The lowest BCUT2D eigenvalue weighted by Gasteiger charge is -2.08. The molecule has 0 aromatic heterocycles. The molecule has 0 saturated heterocycles. The number of carbonyl (C=O) groups excluding carboxylic acids is 3. The number of ether oxygens (including phenoxy) is 3. The standard InChI is InChI=1S/C20H19FN2O6/c21-15-4-2-1-3-13(15)7-8-22-18(24)11-27-19(25)10-23-20(26)14-5-6-16-17(9-14)29-12-28-16/h1-6,9H,7-8,10-12H2,(H,22,24)(H,23,26). The van der Waals surface area contributed by atoms with Gasteiger partial charge in [0, 0.05) is 12.1 Å². The van der Waals surface area contributed by atoms with Crippen LogP contribution in [0.4, 0.5) is 4.39 Å². The van der Waals surface area contributed by atoms with Gasteiger partial charge in [-0.05, 0) is 36.2 Å². The highest BCUT2D eigenvalue weighted by molar-refractivity contribution is 5.96. The van der Waals surface area contributed by atoms with Crippen LogP contribution < -0.4 is 20.1 Å². The minimum Gasteiger partial charge on any atom is -0.454 e. The molecule has 29 heavy (non-hydrogen) atoms. The highest BCUT2D eigenvalue weighted by Crippen LogP contribution is 2.32. The average Bonchev–Trinajstić information content (AvgIpc) is 3.19. The topological polar surface area (TPSA) is 103 Å². The Morgan fingerprint density at radius 2 is 1.83 bits per heavy atom. The van der Waals surface area contributed by atoms with Gasteiger partial charge in [-0.2, -0.15) is 0 Å². The lowest BCUT2D eigenvalue weighted by Crippen LogP contribution is -2.34. The van der Waals surface area contributed by atoms with E-state index in [1.54, 1.807) is 24.3 Å². The molecule has 0 aliphatic carbocycles. The van der Waals surface area contributed by atoms with Gasteiger partial charge in [0.15, 0.2) is 18.1 Å². The maximum atomic E-state index is 13.5. The number of esters is 1. The van der Waals surface area contributed by atoms with Crippen molar-refractivity contribution in [3.8, 4) is 11.5 Å². The monoisotopic (exact) mass is 402 g/mol. The molecule has 152 valence electrons. The minimum atomic E-state index is -0.761. The van der Waals surface area contributed by atoms with Crippen molar-refractivity contribution in [1.29, 1.82) is 0 Å². The summed E-state index contributed by atoms with van der Waals surface area (Å²) in [4.78, 5) is 35.5. The van der Waals surface area contributed by atoms with E-state index in [9.17, 15) is 18.8 Å². The van der Waals surface area contributed by atoms with E-state index < -0.39 is 30.9 Å². The van der Waals surface area contributed by atoms with Gasteiger partial charge in [-0.25, -0.2) is 4.39 Å². The van der Waals surface area contributed by atoms with Gasteiger partial charge >= 0.3 is 5.97 Å². The van der Waals surface area contributed by atoms with Crippen LogP contribution in [0.5, 0.6) is 11.5 Å². The number of rotatable bonds is 8. The second-order valence-electron chi connectivity index (χ2n) is 6.10. The first-order chi connectivity index (χ1) is 14.0. The van der Waals surface area contributed by atoms with Crippen LogP contribution in [-0.2, 0) is 20.7 Å². The summed E-state index contributed by atoms with van der Waals surface area (Å²) in [5, 5.41) is 4.93. The van der Waals surface area contributed by atoms with E-state index in [0.29, 0.717) is 29.0 Å². The Hall–Kier alpha value is -3.62. The summed E-state index contributed by atoms with van der Waals surface area (Å²) in [6, 6.07) is 10.9. The number of hydrogen-bond acceptors (Lipinski definition) is 6. The predicted octanol–water partition coefficient (Wildman–Crippen LogP) is 1.19. The summed E-state index contributed by atoms with van der Waals surface area (Å²) < 4.78 is 28.6. The number of amides is 2. The molecule has 0 bridgehead atoms. The van der Waals surface area contributed by atoms with E-state index in [1.165, 1.54) is 18.2 Å². The number of benzene rings is 2. The van der Waals surface area contributed by atoms with Gasteiger partial charge in [0.25, 0.3) is 11.8 Å². The molecule has 1 heterocycles. The molecule has 8 nitrogen and oxygen atoms in total. The van der Waals surface area contributed by atoms with Crippen molar-refractivity contribution in [2.45, 2.75) is 6.42 Å². The number of hydrogen-bond donors (Lipinski definition) is 2. The third-order valence-electron chi connectivity index (χ3n) is 4.07. The van der Waals surface area contributed by atoms with Gasteiger partial charge in [0.2, 0.25) is 6.79 Å². The molecule has 3 rings (SSSR count). The Bertz CT molecular complexity index is 918. The number of halogens is 1. The van der Waals surface area contributed by atoms with Crippen LogP contribution in [0.15, 0.2) is 42.5 Å². The fraction of sp³-hybridized carbons (Fsp3) is 0.250. The minimum absolute atomic E-state index is 0.0923. The Labute approximate surface area is 165 Å². The largest absolute Gasteiger partial charge is 0.454 e. The maximum Gasteiger partial charge on any atom is 0.325 e. The second-order valence-corrected chi connectivity index (χ2v) is 6.10. The van der Waals surface area contributed by atoms with Gasteiger partial charge in [-0.1, -0.05) is 18.2 Å². The van der Waals surface area contributed by atoms with E-state index in [4.69, 9.17) is 14.2 Å². The van der Waals surface area contributed by atoms with Crippen LogP contribution in [-0.4, -0.2) is 44.3 Å². The molecule has 0 fully saturated rings. The van der Waals surface area contributed by atoms with Crippen molar-refractivity contribution in [2.24, 2.45) is 0 Å². The summed E-state index contributed by atoms with van der Waals surface area (Å²) in [5.74, 6) is -1.12. The highest BCUT2D eigenvalue weighted by Gasteiger charge is 2.17. The molecule has 1 aliphatic heterocycles. The Morgan fingerprint density at radius 3 is 2.66 bits per heavy atom. The van der Waals surface area contributed by atoms with E-state index in [-0.39, 0.29) is 19.2 Å². The SMILES string of the molecule is O=C(COC(=O)CNC(=O)c1ccc2c(c1)OCO2)NCCc1ccccc1F. The Morgan fingerprint density at radius 1 is 1.03 bits per heavy atom. The first-order valence-electron chi connectivity index (χ1n) is 8.86. The van der Waals surface area contributed by atoms with Gasteiger partial charge in [0.1, 0.15) is 12.4 Å². The van der Waals surface area contributed by atoms with Crippen molar-refractivity contribution in [3.05, 3.63) is 59.4 Å². The zero-order valence-corrected chi connectivity index (χ0v) is 15.4. The molecular formula is C20H19FN2O6. The fourth-order valence-electron chi connectivity index (χ4n) is 2.58. The molecule has 2 aromatic rings. The third kappa shape index (κ3) is 5.68. The highest BCUT2D eigenvalue weighted by atomic mass is 19.1. The lowest BCUT2D eigenvalue weighted by atomic mass is 10.1.